The van der Waals surface area contributed by atoms with Crippen LogP contribution in [0.5, 0.6) is 0 Å². The van der Waals surface area contributed by atoms with Crippen molar-refractivity contribution in [2.45, 2.75) is 55.5 Å². The number of para-hydroxylation sites is 1. The summed E-state index contributed by atoms with van der Waals surface area (Å²) in [6, 6.07) is 9.45. The summed E-state index contributed by atoms with van der Waals surface area (Å²) < 4.78 is 5.33. The molecule has 132 valence electrons. The summed E-state index contributed by atoms with van der Waals surface area (Å²) in [7, 11) is 1.56. The predicted molar refractivity (Wildman–Crippen MR) is 95.5 cm³/mol. The van der Waals surface area contributed by atoms with E-state index in [-0.39, 0.29) is 22.8 Å². The molecule has 5 fully saturated rings. The zero-order chi connectivity index (χ0) is 16.9. The number of anilines is 1. The monoisotopic (exact) mass is 338 g/mol. The van der Waals surface area contributed by atoms with Gasteiger partial charge in [-0.15, -0.1) is 0 Å². The van der Waals surface area contributed by atoms with Crippen molar-refractivity contribution in [3.05, 3.63) is 29.8 Å². The smallest absolute Gasteiger partial charge is 0.311 e. The van der Waals surface area contributed by atoms with E-state index in [0.717, 1.165) is 12.8 Å². The highest BCUT2D eigenvalue weighted by Gasteiger charge is 2.78. The quantitative estimate of drug-likeness (QED) is 0.800. The van der Waals surface area contributed by atoms with E-state index in [0.29, 0.717) is 11.5 Å². The second-order valence-electron chi connectivity index (χ2n) is 9.05. The molecular formula is C21H26N2O2. The first-order valence-corrected chi connectivity index (χ1v) is 9.87. The summed E-state index contributed by atoms with van der Waals surface area (Å²) in [5, 5.41) is 3.92. The number of hydrogen-bond donors (Lipinski definition) is 1. The van der Waals surface area contributed by atoms with Crippen LogP contribution in [-0.2, 0) is 14.9 Å². The van der Waals surface area contributed by atoms with Gasteiger partial charge in [-0.05, 0) is 68.7 Å². The van der Waals surface area contributed by atoms with Crippen LogP contribution < -0.4 is 5.32 Å². The molecule has 1 aromatic rings. The van der Waals surface area contributed by atoms with Gasteiger partial charge in [0.2, 0.25) is 0 Å². The highest BCUT2D eigenvalue weighted by molar-refractivity contribution is 5.80. The number of hydrogen-bond acceptors (Lipinski definition) is 4. The molecule has 2 saturated heterocycles. The van der Waals surface area contributed by atoms with Gasteiger partial charge >= 0.3 is 5.97 Å². The van der Waals surface area contributed by atoms with Crippen LogP contribution in [-0.4, -0.2) is 42.6 Å². The SMILES string of the molecule is COC(=O)[C@H]1CC23CCCN4CC[C@@]5(c6ccccc6NC15CC2)[C@H]43. The molecule has 3 saturated carbocycles. The summed E-state index contributed by atoms with van der Waals surface area (Å²) in [5.41, 5.74) is 2.97. The normalized spacial score (nSPS) is 46.1. The van der Waals surface area contributed by atoms with Gasteiger partial charge in [0.15, 0.2) is 0 Å². The fraction of sp³-hybridized carbons (Fsp3) is 0.667. The molecule has 5 atom stereocenters. The van der Waals surface area contributed by atoms with Crippen molar-refractivity contribution >= 4 is 11.7 Å². The average Bonchev–Trinajstić information content (AvgIpc) is 3.19. The molecule has 3 spiro atoms. The fourth-order valence-corrected chi connectivity index (χ4v) is 8.03. The number of benzene rings is 1. The number of fused-ring (bicyclic) bond motifs is 3. The third-order valence-electron chi connectivity index (χ3n) is 8.60. The Hall–Kier alpha value is -1.55. The van der Waals surface area contributed by atoms with Crippen molar-refractivity contribution in [2.75, 3.05) is 25.5 Å². The maximum atomic E-state index is 12.9. The maximum absolute atomic E-state index is 12.9. The van der Waals surface area contributed by atoms with Crippen LogP contribution in [0.2, 0.25) is 0 Å². The minimum atomic E-state index is -0.151. The molecule has 0 amide bonds. The van der Waals surface area contributed by atoms with Crippen molar-refractivity contribution in [1.29, 1.82) is 0 Å². The lowest BCUT2D eigenvalue weighted by atomic mass is 9.39. The van der Waals surface area contributed by atoms with Gasteiger partial charge < -0.3 is 10.1 Å². The number of carbonyl (C=O) groups excluding carboxylic acids is 1. The van der Waals surface area contributed by atoms with Gasteiger partial charge in [0, 0.05) is 17.1 Å². The molecule has 1 N–H and O–H groups in total. The number of ether oxygens (including phenoxy) is 1. The summed E-state index contributed by atoms with van der Waals surface area (Å²) in [6.07, 6.45) is 7.10. The molecule has 25 heavy (non-hydrogen) atoms. The molecule has 4 nitrogen and oxygen atoms in total. The molecule has 6 aliphatic rings. The zero-order valence-electron chi connectivity index (χ0n) is 14.9. The van der Waals surface area contributed by atoms with Gasteiger partial charge in [-0.25, -0.2) is 0 Å². The predicted octanol–water partition coefficient (Wildman–Crippen LogP) is 2.93. The summed E-state index contributed by atoms with van der Waals surface area (Å²) in [6.45, 7) is 2.41. The number of methoxy groups -OCH3 is 1. The molecular weight excluding hydrogens is 312 g/mol. The Morgan fingerprint density at radius 1 is 1.20 bits per heavy atom. The van der Waals surface area contributed by atoms with Crippen LogP contribution in [0.1, 0.15) is 44.1 Å². The largest absolute Gasteiger partial charge is 0.469 e. The number of carbonyl (C=O) groups is 1. The molecule has 2 bridgehead atoms. The second kappa shape index (κ2) is 4.40. The molecule has 3 aliphatic carbocycles. The Morgan fingerprint density at radius 2 is 2.08 bits per heavy atom. The molecule has 0 aromatic heterocycles. The van der Waals surface area contributed by atoms with Crippen molar-refractivity contribution in [2.24, 2.45) is 11.3 Å². The van der Waals surface area contributed by atoms with Crippen molar-refractivity contribution in [3.8, 4) is 0 Å². The minimum absolute atomic E-state index is 0.00114. The third kappa shape index (κ3) is 1.38. The Balaban J connectivity index is 1.65. The van der Waals surface area contributed by atoms with E-state index in [1.54, 1.807) is 7.11 Å². The van der Waals surface area contributed by atoms with Crippen LogP contribution in [0.4, 0.5) is 5.69 Å². The number of nitrogens with one attached hydrogen (secondary N) is 1. The van der Waals surface area contributed by atoms with Gasteiger partial charge in [-0.1, -0.05) is 18.2 Å². The van der Waals surface area contributed by atoms with E-state index in [4.69, 9.17) is 4.74 Å². The van der Waals surface area contributed by atoms with Crippen LogP contribution >= 0.6 is 0 Å². The second-order valence-corrected chi connectivity index (χ2v) is 9.05. The van der Waals surface area contributed by atoms with E-state index in [2.05, 4.69) is 34.5 Å². The van der Waals surface area contributed by atoms with E-state index in [1.807, 2.05) is 0 Å². The van der Waals surface area contributed by atoms with Crippen molar-refractivity contribution in [1.82, 2.24) is 4.90 Å². The fourth-order valence-electron chi connectivity index (χ4n) is 8.03. The number of rotatable bonds is 1. The molecule has 7 rings (SSSR count). The van der Waals surface area contributed by atoms with Crippen LogP contribution in [0.15, 0.2) is 24.3 Å². The van der Waals surface area contributed by atoms with E-state index >= 15 is 0 Å². The van der Waals surface area contributed by atoms with Crippen LogP contribution in [0.25, 0.3) is 0 Å². The number of nitrogens with zero attached hydrogens (tertiary/aromatic N) is 1. The summed E-state index contributed by atoms with van der Waals surface area (Å²) >= 11 is 0. The van der Waals surface area contributed by atoms with E-state index in [9.17, 15) is 4.79 Å². The highest BCUT2D eigenvalue weighted by atomic mass is 16.5. The van der Waals surface area contributed by atoms with Gasteiger partial charge in [-0.3, -0.25) is 9.69 Å². The Morgan fingerprint density at radius 3 is 2.96 bits per heavy atom. The Labute approximate surface area is 148 Å². The Kier molecular flexibility index (Phi) is 2.57. The molecule has 3 heterocycles. The van der Waals surface area contributed by atoms with E-state index < -0.39 is 0 Å². The lowest BCUT2D eigenvalue weighted by Gasteiger charge is -2.69. The van der Waals surface area contributed by atoms with E-state index in [1.165, 1.54) is 50.0 Å². The zero-order valence-corrected chi connectivity index (χ0v) is 14.9. The standard InChI is InChI=1S/C21H26N2O2/c1-25-17(24)15-13-19-7-4-11-23-12-10-20(18(19)23)14-5-2-3-6-16(14)22-21(15,20)9-8-19/h2-3,5-6,15,18,22H,4,7-13H2,1H3/t15-,18-,19?,20-,21?/m1/s1. The summed E-state index contributed by atoms with van der Waals surface area (Å²) in [4.78, 5) is 15.7. The molecule has 1 aromatic carbocycles. The summed E-state index contributed by atoms with van der Waals surface area (Å²) in [5.74, 6) is -0.0193. The van der Waals surface area contributed by atoms with Crippen molar-refractivity contribution in [3.63, 3.8) is 0 Å². The molecule has 0 radical (unpaired) electrons. The molecule has 2 unspecified atom stereocenters. The topological polar surface area (TPSA) is 41.6 Å². The van der Waals surface area contributed by atoms with Gasteiger partial charge in [0.05, 0.1) is 18.6 Å². The Bertz CT molecular complexity index is 779. The maximum Gasteiger partial charge on any atom is 0.311 e. The van der Waals surface area contributed by atoms with Crippen LogP contribution in [0, 0.1) is 11.3 Å². The van der Waals surface area contributed by atoms with Crippen molar-refractivity contribution < 1.29 is 9.53 Å². The third-order valence-corrected chi connectivity index (χ3v) is 8.60. The first-order valence-electron chi connectivity index (χ1n) is 9.87. The first-order chi connectivity index (χ1) is 12.2. The number of piperidine rings is 1. The molecule has 3 aliphatic heterocycles. The lowest BCUT2D eigenvalue weighted by molar-refractivity contribution is -0.171. The van der Waals surface area contributed by atoms with Gasteiger partial charge in [0.1, 0.15) is 0 Å². The number of esters is 1. The van der Waals surface area contributed by atoms with Gasteiger partial charge in [-0.2, -0.15) is 0 Å². The lowest BCUT2D eigenvalue weighted by Crippen LogP contribution is -2.76. The average molecular weight is 338 g/mol. The highest BCUT2D eigenvalue weighted by Crippen LogP contribution is 2.74. The minimum Gasteiger partial charge on any atom is -0.469 e. The first kappa shape index (κ1) is 14.6. The van der Waals surface area contributed by atoms with Gasteiger partial charge in [0.25, 0.3) is 0 Å². The van der Waals surface area contributed by atoms with Crippen LogP contribution in [0.3, 0.4) is 0 Å². The molecule has 4 heteroatoms.